The van der Waals surface area contributed by atoms with E-state index in [0.29, 0.717) is 49.9 Å². The van der Waals surface area contributed by atoms with E-state index in [4.69, 9.17) is 15.2 Å². The molecule has 0 bridgehead atoms. The van der Waals surface area contributed by atoms with Crippen molar-refractivity contribution >= 4 is 53.6 Å². The van der Waals surface area contributed by atoms with Crippen LogP contribution in [0.5, 0.6) is 0 Å². The van der Waals surface area contributed by atoms with Crippen molar-refractivity contribution in [1.82, 2.24) is 41.3 Å². The van der Waals surface area contributed by atoms with Gasteiger partial charge in [-0.2, -0.15) is 0 Å². The standard InChI is InChI=1S/C51H80N10O10/c1-11-33(4)45(60(8)43(64)30-55-50(68)44(32(2)3)59(6)7)41(70-9)28-42(63)61-26-16-20-40(61)46(71-10)34(5)47(65)58-39(27-35-17-13-12-14-18-35)48(66)54-29-36-21-23-37(24-22-36)57-49(67)38(56-31-62)19-15-25-53-51(52)69/h12-14,17-18,21-24,31-34,38-41,44-46H,11,15-16,19-20,25-30H2,1-10H3,(H,54,66)(H,55,68)(H,56,62)(H,57,67)(H,58,65)(H3,52,53,69). The first-order valence-electron chi connectivity index (χ1n) is 24.6. The van der Waals surface area contributed by atoms with Gasteiger partial charge in [-0.25, -0.2) is 4.79 Å². The summed E-state index contributed by atoms with van der Waals surface area (Å²) in [5.74, 6) is -2.86. The Hall–Kier alpha value is -6.12. The zero-order valence-electron chi connectivity index (χ0n) is 43.3. The number of nitrogens with two attached hydrogens (primary N) is 1. The number of primary amides is 1. The average Bonchev–Trinajstić information content (AvgIpc) is 3.83. The van der Waals surface area contributed by atoms with Crippen molar-refractivity contribution in [2.45, 2.75) is 129 Å². The number of rotatable bonds is 30. The fourth-order valence-corrected chi connectivity index (χ4v) is 9.35. The molecule has 2 aromatic carbocycles. The summed E-state index contributed by atoms with van der Waals surface area (Å²) in [5, 5.41) is 16.4. The quantitative estimate of drug-likeness (QED) is 0.0441. The fraction of sp³-hybridized carbons (Fsp3) is 0.608. The van der Waals surface area contributed by atoms with Crippen LogP contribution in [-0.2, 0) is 56.0 Å². The Bertz CT molecular complexity index is 2030. The highest BCUT2D eigenvalue weighted by Crippen LogP contribution is 2.29. The van der Waals surface area contributed by atoms with Gasteiger partial charge in [-0.1, -0.05) is 83.5 Å². The molecule has 9 unspecified atom stereocenters. The van der Waals surface area contributed by atoms with E-state index in [2.05, 4.69) is 31.9 Å². The Morgan fingerprint density at radius 3 is 2.08 bits per heavy atom. The Labute approximate surface area is 419 Å². The number of urea groups is 1. The number of methoxy groups -OCH3 is 2. The predicted octanol–water partition coefficient (Wildman–Crippen LogP) is 2.15. The second kappa shape index (κ2) is 29.9. The highest BCUT2D eigenvalue weighted by molar-refractivity contribution is 5.96. The largest absolute Gasteiger partial charge is 0.379 e. The van der Waals surface area contributed by atoms with Crippen LogP contribution in [0.15, 0.2) is 54.6 Å². The van der Waals surface area contributed by atoms with E-state index in [1.54, 1.807) is 48.0 Å². The maximum absolute atomic E-state index is 14.3. The smallest absolute Gasteiger partial charge is 0.312 e. The Kier molecular flexibility index (Phi) is 24.9. The van der Waals surface area contributed by atoms with E-state index >= 15 is 0 Å². The molecule has 9 atom stereocenters. The number of hydrogen-bond donors (Lipinski definition) is 7. The molecular formula is C51H80N10O10. The lowest BCUT2D eigenvalue weighted by molar-refractivity contribution is -0.146. The number of likely N-dealkylation sites (N-methyl/N-ethyl adjacent to an activating group) is 2. The van der Waals surface area contributed by atoms with Crippen molar-refractivity contribution in [3.8, 4) is 0 Å². The van der Waals surface area contributed by atoms with Gasteiger partial charge in [0, 0.05) is 53.0 Å². The molecule has 20 nitrogen and oxygen atoms in total. The van der Waals surface area contributed by atoms with Gasteiger partial charge in [-0.05, 0) is 74.9 Å². The molecule has 1 aliphatic heterocycles. The molecule has 0 radical (unpaired) electrons. The van der Waals surface area contributed by atoms with E-state index in [1.807, 2.05) is 77.0 Å². The summed E-state index contributed by atoms with van der Waals surface area (Å²) in [6, 6.07) is 12.2. The van der Waals surface area contributed by atoms with Crippen LogP contribution < -0.4 is 37.6 Å². The van der Waals surface area contributed by atoms with Gasteiger partial charge in [0.15, 0.2) is 0 Å². The molecule has 3 rings (SSSR count). The van der Waals surface area contributed by atoms with Gasteiger partial charge >= 0.3 is 6.03 Å². The number of benzene rings is 2. The molecular weight excluding hydrogens is 913 g/mol. The third-order valence-electron chi connectivity index (χ3n) is 13.3. The van der Waals surface area contributed by atoms with Crippen molar-refractivity contribution in [3.63, 3.8) is 0 Å². The number of nitrogens with one attached hydrogen (secondary N) is 6. The number of hydrogen-bond acceptors (Lipinski definition) is 11. The Morgan fingerprint density at radius 2 is 1.51 bits per heavy atom. The zero-order chi connectivity index (χ0) is 52.8. The summed E-state index contributed by atoms with van der Waals surface area (Å²) in [5.41, 5.74) is 7.09. The monoisotopic (exact) mass is 993 g/mol. The van der Waals surface area contributed by atoms with Crippen LogP contribution in [-0.4, -0.2) is 160 Å². The summed E-state index contributed by atoms with van der Waals surface area (Å²) in [4.78, 5) is 109. The lowest BCUT2D eigenvalue weighted by atomic mass is 9.90. The second-order valence-electron chi connectivity index (χ2n) is 18.9. The second-order valence-corrected chi connectivity index (χ2v) is 18.9. The SMILES string of the molecule is CCC(C)C(C(CC(=O)N1CCCC1C(OC)C(C)C(=O)NC(Cc1ccccc1)C(=O)NCc1ccc(NC(=O)C(CCCNC(N)=O)NC=O)cc1)OC)N(C)C(=O)CNC(=O)C(C(C)C)N(C)C. The molecule has 1 heterocycles. The van der Waals surface area contributed by atoms with Crippen molar-refractivity contribution in [1.29, 1.82) is 0 Å². The summed E-state index contributed by atoms with van der Waals surface area (Å²) < 4.78 is 12.0. The molecule has 1 aliphatic rings. The summed E-state index contributed by atoms with van der Waals surface area (Å²) in [6.45, 7) is 10.2. The first kappa shape index (κ1) is 59.2. The molecule has 71 heavy (non-hydrogen) atoms. The third-order valence-corrected chi connectivity index (χ3v) is 13.3. The van der Waals surface area contributed by atoms with Crippen LogP contribution in [0.4, 0.5) is 10.5 Å². The number of nitrogens with zero attached hydrogens (tertiary/aromatic N) is 3. The minimum absolute atomic E-state index is 0.0316. The molecule has 9 amide bonds. The predicted molar refractivity (Wildman–Crippen MR) is 270 cm³/mol. The molecule has 394 valence electrons. The molecule has 8 N–H and O–H groups in total. The molecule has 0 saturated carbocycles. The van der Waals surface area contributed by atoms with E-state index in [-0.39, 0.29) is 68.5 Å². The van der Waals surface area contributed by atoms with Gasteiger partial charge in [0.1, 0.15) is 12.1 Å². The van der Waals surface area contributed by atoms with E-state index in [0.717, 1.165) is 5.56 Å². The molecule has 1 fully saturated rings. The van der Waals surface area contributed by atoms with Crippen LogP contribution >= 0.6 is 0 Å². The zero-order valence-corrected chi connectivity index (χ0v) is 43.3. The number of ether oxygens (including phenoxy) is 2. The molecule has 0 aromatic heterocycles. The van der Waals surface area contributed by atoms with Crippen LogP contribution in [0.1, 0.15) is 84.3 Å². The van der Waals surface area contributed by atoms with Crippen molar-refractivity contribution in [2.24, 2.45) is 23.5 Å². The molecule has 0 spiro atoms. The molecule has 1 saturated heterocycles. The van der Waals surface area contributed by atoms with Gasteiger partial charge in [-0.15, -0.1) is 0 Å². The number of likely N-dealkylation sites (tertiary alicyclic amines) is 1. The van der Waals surface area contributed by atoms with Gasteiger partial charge in [0.05, 0.1) is 49.2 Å². The minimum Gasteiger partial charge on any atom is -0.379 e. The number of anilines is 1. The maximum Gasteiger partial charge on any atom is 0.312 e. The summed E-state index contributed by atoms with van der Waals surface area (Å²) in [7, 11) is 8.35. The first-order chi connectivity index (χ1) is 33.8. The highest BCUT2D eigenvalue weighted by Gasteiger charge is 2.42. The van der Waals surface area contributed by atoms with Crippen molar-refractivity contribution < 1.29 is 47.8 Å². The number of amides is 9. The van der Waals surface area contributed by atoms with Gasteiger partial charge in [0.2, 0.25) is 41.9 Å². The van der Waals surface area contributed by atoms with Crippen molar-refractivity contribution in [2.75, 3.05) is 60.3 Å². The van der Waals surface area contributed by atoms with Crippen LogP contribution in [0.2, 0.25) is 0 Å². The highest BCUT2D eigenvalue weighted by atomic mass is 16.5. The number of carbonyl (C=O) groups is 8. The van der Waals surface area contributed by atoms with E-state index in [1.165, 1.54) is 14.2 Å². The topological polar surface area (TPSA) is 263 Å². The van der Waals surface area contributed by atoms with Crippen LogP contribution in [0.3, 0.4) is 0 Å². The lowest BCUT2D eigenvalue weighted by Gasteiger charge is -2.39. The summed E-state index contributed by atoms with van der Waals surface area (Å²) in [6.07, 6.45) is 1.84. The minimum atomic E-state index is -0.970. The Morgan fingerprint density at radius 1 is 0.831 bits per heavy atom. The number of carbonyl (C=O) groups excluding carboxylic acids is 8. The fourth-order valence-electron chi connectivity index (χ4n) is 9.35. The van der Waals surface area contributed by atoms with Crippen LogP contribution in [0, 0.1) is 17.8 Å². The van der Waals surface area contributed by atoms with Gasteiger partial charge in [0.25, 0.3) is 0 Å². The van der Waals surface area contributed by atoms with Crippen LogP contribution in [0.25, 0.3) is 0 Å². The lowest BCUT2D eigenvalue weighted by Crippen LogP contribution is -2.55. The first-order valence-corrected chi connectivity index (χ1v) is 24.6. The maximum atomic E-state index is 14.3. The normalized spacial score (nSPS) is 16.8. The summed E-state index contributed by atoms with van der Waals surface area (Å²) >= 11 is 0. The van der Waals surface area contributed by atoms with E-state index in [9.17, 15) is 38.4 Å². The third kappa shape index (κ3) is 18.2. The average molecular weight is 993 g/mol. The molecule has 0 aliphatic carbocycles. The van der Waals surface area contributed by atoms with Crippen molar-refractivity contribution in [3.05, 3.63) is 65.7 Å². The van der Waals surface area contributed by atoms with Gasteiger partial charge < -0.3 is 56.9 Å². The molecule has 20 heteroatoms. The Balaban J connectivity index is 1.71. The molecule has 2 aromatic rings. The van der Waals surface area contributed by atoms with E-state index < -0.39 is 72.1 Å². The van der Waals surface area contributed by atoms with Gasteiger partial charge in [-0.3, -0.25) is 38.5 Å².